The third-order valence-corrected chi connectivity index (χ3v) is 6.96. The lowest BCUT2D eigenvalue weighted by atomic mass is 9.96. The van der Waals surface area contributed by atoms with Crippen molar-refractivity contribution in [2.24, 2.45) is 0 Å². The summed E-state index contributed by atoms with van der Waals surface area (Å²) in [5.41, 5.74) is 1.18. The Morgan fingerprint density at radius 3 is 2.38 bits per heavy atom. The largest absolute Gasteiger partial charge is 0.486 e. The van der Waals surface area contributed by atoms with E-state index >= 15 is 0 Å². The number of carbonyl (C=O) groups excluding carboxylic acids is 2. The number of hydrogen-bond acceptors (Lipinski definition) is 9. The molecule has 1 aliphatic rings. The van der Waals surface area contributed by atoms with Gasteiger partial charge < -0.3 is 39.6 Å². The van der Waals surface area contributed by atoms with E-state index in [1.165, 1.54) is 32.4 Å². The Bertz CT molecular complexity index is 1160. The van der Waals surface area contributed by atoms with Crippen molar-refractivity contribution >= 4 is 46.7 Å². The van der Waals surface area contributed by atoms with Crippen molar-refractivity contribution in [2.75, 3.05) is 20.8 Å². The molecule has 1 saturated heterocycles. The first-order valence-corrected chi connectivity index (χ1v) is 12.1. The molecule has 0 spiro atoms. The predicted molar refractivity (Wildman–Crippen MR) is 134 cm³/mol. The lowest BCUT2D eigenvalue weighted by molar-refractivity contribution is -0.261. The van der Waals surface area contributed by atoms with Gasteiger partial charge in [-0.2, -0.15) is 0 Å². The number of halogens is 3. The van der Waals surface area contributed by atoms with E-state index in [1.807, 2.05) is 0 Å². The summed E-state index contributed by atoms with van der Waals surface area (Å²) < 4.78 is 21.1. The number of hydrogen-bond donors (Lipinski definition) is 4. The van der Waals surface area contributed by atoms with Crippen LogP contribution in [0.1, 0.15) is 31.8 Å². The summed E-state index contributed by atoms with van der Waals surface area (Å²) in [6, 6.07) is 4.90. The van der Waals surface area contributed by atoms with Gasteiger partial charge in [0, 0.05) is 12.7 Å². The van der Waals surface area contributed by atoms with Gasteiger partial charge in [-0.15, -0.1) is 0 Å². The van der Waals surface area contributed by atoms with E-state index in [9.17, 15) is 24.9 Å². The SMILES string of the molecule is COC(=O)c1cc(COc2c(Cl)cc(C(=O)N[C@H]3[C@@H](OC)O[C@H](CO)[C@@H](O)[C@@H]3O)c(C)c2Cl)ccc1Cl. The van der Waals surface area contributed by atoms with Crippen molar-refractivity contribution < 1.29 is 43.9 Å². The molecular formula is C24H26Cl3NO9. The average molecular weight is 579 g/mol. The van der Waals surface area contributed by atoms with Gasteiger partial charge in [-0.3, -0.25) is 4.79 Å². The van der Waals surface area contributed by atoms with E-state index in [0.29, 0.717) is 11.1 Å². The second kappa shape index (κ2) is 12.6. The van der Waals surface area contributed by atoms with E-state index < -0.39 is 49.1 Å². The van der Waals surface area contributed by atoms with Crippen LogP contribution in [-0.2, 0) is 20.8 Å². The smallest absolute Gasteiger partial charge is 0.339 e. The van der Waals surface area contributed by atoms with Crippen molar-refractivity contribution in [1.82, 2.24) is 5.32 Å². The summed E-state index contributed by atoms with van der Waals surface area (Å²) in [5, 5.41) is 32.9. The molecule has 1 aliphatic heterocycles. The fraction of sp³-hybridized carbons (Fsp3) is 0.417. The van der Waals surface area contributed by atoms with Crippen LogP contribution in [0.4, 0.5) is 0 Å². The molecule has 1 heterocycles. The van der Waals surface area contributed by atoms with E-state index in [0.717, 1.165) is 0 Å². The van der Waals surface area contributed by atoms with Gasteiger partial charge in [0.2, 0.25) is 0 Å². The van der Waals surface area contributed by atoms with Crippen LogP contribution in [0.5, 0.6) is 5.75 Å². The molecule has 1 fully saturated rings. The number of benzene rings is 2. The molecule has 13 heteroatoms. The molecule has 1 amide bonds. The second-order valence-corrected chi connectivity index (χ2v) is 9.40. The molecular weight excluding hydrogens is 553 g/mol. The molecule has 5 atom stereocenters. The fourth-order valence-corrected chi connectivity index (χ4v) is 4.57. The highest BCUT2D eigenvalue weighted by molar-refractivity contribution is 6.38. The third kappa shape index (κ3) is 6.30. The Hall–Kier alpha value is -2.15. The van der Waals surface area contributed by atoms with Crippen molar-refractivity contribution in [3.63, 3.8) is 0 Å². The van der Waals surface area contributed by atoms with Gasteiger partial charge in [0.1, 0.15) is 31.0 Å². The van der Waals surface area contributed by atoms with E-state index in [-0.39, 0.29) is 38.6 Å². The number of rotatable bonds is 8. The number of carbonyl (C=O) groups is 2. The first-order valence-electron chi connectivity index (χ1n) is 11.0. The predicted octanol–water partition coefficient (Wildman–Crippen LogP) is 2.50. The lowest BCUT2D eigenvalue weighted by Gasteiger charge is -2.41. The summed E-state index contributed by atoms with van der Waals surface area (Å²) in [6.07, 6.45) is -5.16. The molecule has 37 heavy (non-hydrogen) atoms. The van der Waals surface area contributed by atoms with Crippen LogP contribution in [0.15, 0.2) is 24.3 Å². The minimum atomic E-state index is -1.48. The molecule has 0 aliphatic carbocycles. The maximum Gasteiger partial charge on any atom is 0.339 e. The zero-order valence-electron chi connectivity index (χ0n) is 20.0. The number of ether oxygens (including phenoxy) is 4. The summed E-state index contributed by atoms with van der Waals surface area (Å²) in [5.74, 6) is -1.15. The molecule has 0 radical (unpaired) electrons. The van der Waals surface area contributed by atoms with Crippen LogP contribution in [0.2, 0.25) is 15.1 Å². The van der Waals surface area contributed by atoms with Gasteiger partial charge in [0.15, 0.2) is 12.0 Å². The molecule has 4 N–H and O–H groups in total. The van der Waals surface area contributed by atoms with Gasteiger partial charge >= 0.3 is 5.97 Å². The summed E-state index contributed by atoms with van der Waals surface area (Å²) in [4.78, 5) is 25.0. The van der Waals surface area contributed by atoms with Crippen molar-refractivity contribution in [3.8, 4) is 5.75 Å². The first-order chi connectivity index (χ1) is 17.5. The topological polar surface area (TPSA) is 144 Å². The van der Waals surface area contributed by atoms with E-state index in [1.54, 1.807) is 13.0 Å². The second-order valence-electron chi connectivity index (χ2n) is 8.21. The molecule has 202 valence electrons. The number of amides is 1. The highest BCUT2D eigenvalue weighted by Gasteiger charge is 2.45. The van der Waals surface area contributed by atoms with Crippen LogP contribution in [0.25, 0.3) is 0 Å². The molecule has 3 rings (SSSR count). The monoisotopic (exact) mass is 577 g/mol. The quantitative estimate of drug-likeness (QED) is 0.347. The molecule has 10 nitrogen and oxygen atoms in total. The number of aliphatic hydroxyl groups excluding tert-OH is 3. The number of methoxy groups -OCH3 is 2. The van der Waals surface area contributed by atoms with Gasteiger partial charge in [-0.05, 0) is 36.2 Å². The summed E-state index contributed by atoms with van der Waals surface area (Å²) >= 11 is 18.9. The van der Waals surface area contributed by atoms with Crippen LogP contribution in [0, 0.1) is 6.92 Å². The Labute approximate surface area is 227 Å². The van der Waals surface area contributed by atoms with E-state index in [4.69, 9.17) is 53.8 Å². The molecule has 0 unspecified atom stereocenters. The molecule has 0 aromatic heterocycles. The van der Waals surface area contributed by atoms with Gasteiger partial charge in [-0.25, -0.2) is 4.79 Å². The lowest BCUT2D eigenvalue weighted by Crippen LogP contribution is -2.64. The maximum absolute atomic E-state index is 13.1. The molecule has 0 saturated carbocycles. The normalized spacial score (nSPS) is 23.4. The van der Waals surface area contributed by atoms with Crippen LogP contribution < -0.4 is 10.1 Å². The highest BCUT2D eigenvalue weighted by Crippen LogP contribution is 2.38. The molecule has 0 bridgehead atoms. The van der Waals surface area contributed by atoms with Crippen LogP contribution >= 0.6 is 34.8 Å². The minimum absolute atomic E-state index is 0.0172. The zero-order valence-corrected chi connectivity index (χ0v) is 22.3. The number of nitrogens with one attached hydrogen (secondary N) is 1. The highest BCUT2D eigenvalue weighted by atomic mass is 35.5. The van der Waals surface area contributed by atoms with Gasteiger partial charge in [0.25, 0.3) is 5.91 Å². The van der Waals surface area contributed by atoms with Gasteiger partial charge in [-0.1, -0.05) is 40.9 Å². The number of aliphatic hydroxyl groups is 3. The Morgan fingerprint density at radius 2 is 1.76 bits per heavy atom. The van der Waals surface area contributed by atoms with Crippen LogP contribution in [0.3, 0.4) is 0 Å². The average Bonchev–Trinajstić information content (AvgIpc) is 2.89. The standard InChI is InChI=1S/C24H26Cl3NO9/c1-10-12(22(32)28-18-20(31)19(30)16(8-29)37-24(18)35-3)7-15(26)21(17(10)27)36-9-11-4-5-14(25)13(6-11)23(33)34-2/h4-7,16,18-20,24,29-31H,8-9H2,1-3H3,(H,28,32)/t16-,18-,19-,20-,24+/m1/s1. The number of esters is 1. The fourth-order valence-electron chi connectivity index (χ4n) is 3.81. The first kappa shape index (κ1) is 29.4. The van der Waals surface area contributed by atoms with Gasteiger partial charge in [0.05, 0.1) is 34.3 Å². The maximum atomic E-state index is 13.1. The van der Waals surface area contributed by atoms with Crippen molar-refractivity contribution in [1.29, 1.82) is 0 Å². The Morgan fingerprint density at radius 1 is 1.05 bits per heavy atom. The summed E-state index contributed by atoms with van der Waals surface area (Å²) in [6.45, 7) is 1.01. The minimum Gasteiger partial charge on any atom is -0.486 e. The molecule has 2 aromatic carbocycles. The van der Waals surface area contributed by atoms with Crippen LogP contribution in [-0.4, -0.2) is 78.7 Å². The van der Waals surface area contributed by atoms with Crippen molar-refractivity contribution in [3.05, 3.63) is 61.6 Å². The Balaban J connectivity index is 1.80. The Kier molecular flexibility index (Phi) is 10.0. The van der Waals surface area contributed by atoms with Crippen molar-refractivity contribution in [2.45, 2.75) is 44.2 Å². The summed E-state index contributed by atoms with van der Waals surface area (Å²) in [7, 11) is 2.54. The molecule has 2 aromatic rings. The third-order valence-electron chi connectivity index (χ3n) is 5.90. The van der Waals surface area contributed by atoms with E-state index in [2.05, 4.69) is 5.32 Å². The zero-order chi connectivity index (χ0) is 27.4.